The van der Waals surface area contributed by atoms with E-state index in [1.54, 1.807) is 24.8 Å². The largest absolute Gasteiger partial charge is 0.416 e. The fraction of sp³-hybridized carbons (Fsp3) is 0.318. The second-order valence-corrected chi connectivity index (χ2v) is 8.29. The smallest absolute Gasteiger partial charge is 0.361 e. The molecule has 0 bridgehead atoms. The van der Waals surface area contributed by atoms with Crippen LogP contribution in [-0.4, -0.2) is 37.9 Å². The highest BCUT2D eigenvalue weighted by Gasteiger charge is 2.40. The molecule has 2 atom stereocenters. The SMILES string of the molecule is N[C@H]1CC(F)(F)CC[C@H]1Nc1ncc2cncc(-c3c[nH]c4cc(C(F)(F)F)ccc34)c2n1. The first-order chi connectivity index (χ1) is 15.6. The van der Waals surface area contributed by atoms with E-state index in [4.69, 9.17) is 5.73 Å². The van der Waals surface area contributed by atoms with Gasteiger partial charge in [-0.2, -0.15) is 13.2 Å². The Morgan fingerprint density at radius 2 is 1.94 bits per heavy atom. The Morgan fingerprint density at radius 1 is 1.12 bits per heavy atom. The molecule has 172 valence electrons. The molecule has 1 aliphatic rings. The molecular weight excluding hydrogens is 443 g/mol. The molecule has 0 aliphatic heterocycles. The van der Waals surface area contributed by atoms with Crippen molar-refractivity contribution in [2.45, 2.75) is 43.4 Å². The van der Waals surface area contributed by atoms with Gasteiger partial charge in [-0.1, -0.05) is 6.07 Å². The van der Waals surface area contributed by atoms with E-state index in [9.17, 15) is 22.0 Å². The van der Waals surface area contributed by atoms with Gasteiger partial charge in [-0.25, -0.2) is 18.7 Å². The molecule has 3 aromatic heterocycles. The lowest BCUT2D eigenvalue weighted by molar-refractivity contribution is -0.137. The highest BCUT2D eigenvalue weighted by atomic mass is 19.4. The van der Waals surface area contributed by atoms with Crippen LogP contribution >= 0.6 is 0 Å². The lowest BCUT2D eigenvalue weighted by atomic mass is 9.88. The van der Waals surface area contributed by atoms with E-state index in [0.29, 0.717) is 32.9 Å². The quantitative estimate of drug-likeness (QED) is 0.368. The number of nitrogens with zero attached hydrogens (tertiary/aromatic N) is 3. The molecule has 1 aliphatic carbocycles. The average Bonchev–Trinajstić information content (AvgIpc) is 3.17. The van der Waals surface area contributed by atoms with Crippen LogP contribution in [0.3, 0.4) is 0 Å². The zero-order valence-corrected chi connectivity index (χ0v) is 17.1. The molecule has 11 heteroatoms. The maximum absolute atomic E-state index is 13.6. The highest BCUT2D eigenvalue weighted by molar-refractivity contribution is 6.03. The third-order valence-corrected chi connectivity index (χ3v) is 5.98. The molecule has 5 rings (SSSR count). The molecule has 1 saturated carbocycles. The van der Waals surface area contributed by atoms with E-state index < -0.39 is 36.2 Å². The van der Waals surface area contributed by atoms with Gasteiger partial charge in [-0.15, -0.1) is 0 Å². The number of halogens is 5. The van der Waals surface area contributed by atoms with Crippen LogP contribution in [0, 0.1) is 0 Å². The monoisotopic (exact) mass is 462 g/mol. The molecule has 4 aromatic rings. The van der Waals surface area contributed by atoms with Crippen molar-refractivity contribution < 1.29 is 22.0 Å². The first kappa shape index (κ1) is 21.5. The Hall–Kier alpha value is -3.34. The van der Waals surface area contributed by atoms with Gasteiger partial charge in [0, 0.05) is 77.1 Å². The van der Waals surface area contributed by atoms with E-state index in [1.165, 1.54) is 6.07 Å². The molecule has 6 nitrogen and oxygen atoms in total. The van der Waals surface area contributed by atoms with Crippen LogP contribution < -0.4 is 11.1 Å². The number of fused-ring (bicyclic) bond motifs is 2. The number of hydrogen-bond donors (Lipinski definition) is 3. The molecule has 0 unspecified atom stereocenters. The van der Waals surface area contributed by atoms with Crippen molar-refractivity contribution >= 4 is 27.8 Å². The molecule has 1 fully saturated rings. The standard InChI is InChI=1S/C22H19F5N6/c23-21(24)4-3-17(16(28)6-21)32-20-31-8-11-7-29-9-15(19(11)33-20)14-10-30-18-5-12(22(25,26)27)1-2-13(14)18/h1-2,5,7-10,16-17,30H,3-4,6,28H2,(H,31,32,33)/t16-,17+/m0/s1. The number of anilines is 1. The van der Waals surface area contributed by atoms with Crippen molar-refractivity contribution in [1.82, 2.24) is 19.9 Å². The zero-order chi connectivity index (χ0) is 23.4. The van der Waals surface area contributed by atoms with Crippen LogP contribution in [0.25, 0.3) is 32.9 Å². The lowest BCUT2D eigenvalue weighted by Crippen LogP contribution is -2.48. The average molecular weight is 462 g/mol. The minimum Gasteiger partial charge on any atom is -0.361 e. The molecule has 0 saturated heterocycles. The normalized spacial score (nSPS) is 20.9. The van der Waals surface area contributed by atoms with Crippen molar-refractivity contribution in [2.24, 2.45) is 5.73 Å². The predicted molar refractivity (Wildman–Crippen MR) is 114 cm³/mol. The summed E-state index contributed by atoms with van der Waals surface area (Å²) in [6.45, 7) is 0. The Balaban J connectivity index is 1.52. The van der Waals surface area contributed by atoms with E-state index in [1.807, 2.05) is 0 Å². The number of benzene rings is 1. The van der Waals surface area contributed by atoms with E-state index in [0.717, 1.165) is 12.1 Å². The third-order valence-electron chi connectivity index (χ3n) is 5.98. The van der Waals surface area contributed by atoms with Crippen molar-refractivity contribution in [3.63, 3.8) is 0 Å². The van der Waals surface area contributed by atoms with Crippen LogP contribution in [0.4, 0.5) is 27.9 Å². The zero-order valence-electron chi connectivity index (χ0n) is 17.1. The predicted octanol–water partition coefficient (Wildman–Crippen LogP) is 5.12. The summed E-state index contributed by atoms with van der Waals surface area (Å²) in [6, 6.07) is 2.34. The Kier molecular flexibility index (Phi) is 4.96. The fourth-order valence-corrected chi connectivity index (χ4v) is 4.26. The number of rotatable bonds is 3. The lowest BCUT2D eigenvalue weighted by Gasteiger charge is -2.34. The van der Waals surface area contributed by atoms with Crippen LogP contribution in [-0.2, 0) is 6.18 Å². The summed E-state index contributed by atoms with van der Waals surface area (Å²) < 4.78 is 66.4. The molecule has 0 radical (unpaired) electrons. The molecule has 4 N–H and O–H groups in total. The number of hydrogen-bond acceptors (Lipinski definition) is 5. The minimum absolute atomic E-state index is 0.183. The number of alkyl halides is 5. The maximum Gasteiger partial charge on any atom is 0.416 e. The molecular formula is C22H19F5N6. The Labute approximate surface area is 184 Å². The van der Waals surface area contributed by atoms with Gasteiger partial charge in [0.2, 0.25) is 11.9 Å². The molecule has 33 heavy (non-hydrogen) atoms. The second kappa shape index (κ2) is 7.62. The first-order valence-electron chi connectivity index (χ1n) is 10.3. The summed E-state index contributed by atoms with van der Waals surface area (Å²) in [4.78, 5) is 15.9. The number of pyridine rings is 1. The number of aromatic amines is 1. The number of nitrogens with one attached hydrogen (secondary N) is 2. The van der Waals surface area contributed by atoms with Crippen LogP contribution in [0.5, 0.6) is 0 Å². The van der Waals surface area contributed by atoms with Gasteiger partial charge >= 0.3 is 6.18 Å². The molecule has 1 aromatic carbocycles. The second-order valence-electron chi connectivity index (χ2n) is 8.29. The van der Waals surface area contributed by atoms with Gasteiger partial charge in [-0.05, 0) is 18.6 Å². The van der Waals surface area contributed by atoms with E-state index in [-0.39, 0.29) is 18.8 Å². The van der Waals surface area contributed by atoms with Crippen LogP contribution in [0.15, 0.2) is 43.0 Å². The number of aromatic nitrogens is 4. The highest BCUT2D eigenvalue weighted by Crippen LogP contribution is 2.37. The maximum atomic E-state index is 13.6. The number of H-pyrrole nitrogens is 1. The number of nitrogens with two attached hydrogens (primary N) is 1. The molecule has 3 heterocycles. The van der Waals surface area contributed by atoms with Crippen molar-refractivity contribution in [2.75, 3.05) is 5.32 Å². The summed E-state index contributed by atoms with van der Waals surface area (Å²) in [5.74, 6) is -2.54. The minimum atomic E-state index is -4.45. The molecule has 0 amide bonds. The third kappa shape index (κ3) is 4.08. The van der Waals surface area contributed by atoms with Gasteiger partial charge in [-0.3, -0.25) is 4.98 Å². The van der Waals surface area contributed by atoms with E-state index >= 15 is 0 Å². The van der Waals surface area contributed by atoms with Crippen molar-refractivity contribution in [3.05, 3.63) is 48.5 Å². The van der Waals surface area contributed by atoms with Crippen molar-refractivity contribution in [3.8, 4) is 11.1 Å². The van der Waals surface area contributed by atoms with Crippen LogP contribution in [0.2, 0.25) is 0 Å². The van der Waals surface area contributed by atoms with Gasteiger partial charge in [0.05, 0.1) is 11.1 Å². The summed E-state index contributed by atoms with van der Waals surface area (Å²) in [5.41, 5.74) is 7.28. The Morgan fingerprint density at radius 3 is 2.70 bits per heavy atom. The first-order valence-corrected chi connectivity index (χ1v) is 10.3. The summed E-state index contributed by atoms with van der Waals surface area (Å²) in [5, 5.41) is 4.27. The van der Waals surface area contributed by atoms with E-state index in [2.05, 4.69) is 25.3 Å². The molecule has 0 spiro atoms. The van der Waals surface area contributed by atoms with Crippen molar-refractivity contribution in [1.29, 1.82) is 0 Å². The van der Waals surface area contributed by atoms with Gasteiger partial charge in [0.1, 0.15) is 0 Å². The van der Waals surface area contributed by atoms with Gasteiger partial charge < -0.3 is 16.0 Å². The summed E-state index contributed by atoms with van der Waals surface area (Å²) in [6.07, 6.45) is 1.37. The topological polar surface area (TPSA) is 92.5 Å². The summed E-state index contributed by atoms with van der Waals surface area (Å²) >= 11 is 0. The summed E-state index contributed by atoms with van der Waals surface area (Å²) in [7, 11) is 0. The fourth-order valence-electron chi connectivity index (χ4n) is 4.26. The van der Waals surface area contributed by atoms with Crippen LogP contribution in [0.1, 0.15) is 24.8 Å². The van der Waals surface area contributed by atoms with Gasteiger partial charge in [0.15, 0.2) is 0 Å². The van der Waals surface area contributed by atoms with Gasteiger partial charge in [0.25, 0.3) is 0 Å². The Bertz CT molecular complexity index is 1330.